The van der Waals surface area contributed by atoms with E-state index < -0.39 is 34.5 Å². The molecule has 1 amide bonds. The highest BCUT2D eigenvalue weighted by atomic mass is 32.2. The van der Waals surface area contributed by atoms with Crippen LogP contribution in [-0.2, 0) is 24.3 Å². The molecule has 0 spiro atoms. The summed E-state index contributed by atoms with van der Waals surface area (Å²) in [5.41, 5.74) is 0.573. The largest absolute Gasteiger partial charge is 0.454 e. The van der Waals surface area contributed by atoms with Crippen LogP contribution >= 0.6 is 0 Å². The summed E-state index contributed by atoms with van der Waals surface area (Å²) in [4.78, 5) is 24.3. The molecule has 2 N–H and O–H groups in total. The maximum Gasteiger partial charge on any atom is 0.324 e. The lowest BCUT2D eigenvalue weighted by Crippen LogP contribution is -2.45. The molecule has 0 aromatic heterocycles. The number of hydrogen-bond acceptors (Lipinski definition) is 5. The minimum absolute atomic E-state index is 0.0465. The standard InChI is InChI=1S/C19H22N2O5S/c1-14(2)18(21-27(24,25)16-11-7-4-8-12-16)19(23)26-13-17(22)20-15-9-5-3-6-10-15/h3-12,14,18,21H,13H2,1-2H3,(H,20,22)/t18-/m1/s1. The molecule has 0 radical (unpaired) electrons. The fourth-order valence-corrected chi connectivity index (χ4v) is 3.59. The number of sulfonamides is 1. The first-order chi connectivity index (χ1) is 12.8. The van der Waals surface area contributed by atoms with Crippen molar-refractivity contribution in [1.29, 1.82) is 0 Å². The summed E-state index contributed by atoms with van der Waals surface area (Å²) < 4.78 is 32.2. The van der Waals surface area contributed by atoms with Crippen molar-refractivity contribution in [1.82, 2.24) is 4.72 Å². The molecule has 0 heterocycles. The van der Waals surface area contributed by atoms with Gasteiger partial charge in [0.2, 0.25) is 10.0 Å². The Balaban J connectivity index is 1.97. The molecule has 7 nitrogen and oxygen atoms in total. The zero-order valence-corrected chi connectivity index (χ0v) is 15.9. The highest BCUT2D eigenvalue weighted by Gasteiger charge is 2.30. The molecule has 0 saturated carbocycles. The van der Waals surface area contributed by atoms with Gasteiger partial charge in [-0.25, -0.2) is 8.42 Å². The number of anilines is 1. The van der Waals surface area contributed by atoms with Gasteiger partial charge in [0.05, 0.1) is 4.90 Å². The molecule has 0 saturated heterocycles. The van der Waals surface area contributed by atoms with Crippen LogP contribution in [0.15, 0.2) is 65.6 Å². The maximum atomic E-state index is 12.4. The van der Waals surface area contributed by atoms with Gasteiger partial charge in [-0.1, -0.05) is 50.2 Å². The number of amides is 1. The number of rotatable bonds is 8. The molecule has 2 rings (SSSR count). The van der Waals surface area contributed by atoms with Crippen molar-refractivity contribution in [2.45, 2.75) is 24.8 Å². The summed E-state index contributed by atoms with van der Waals surface area (Å²) in [5, 5.41) is 2.58. The first-order valence-electron chi connectivity index (χ1n) is 8.38. The number of hydrogen-bond donors (Lipinski definition) is 2. The van der Waals surface area contributed by atoms with Crippen LogP contribution in [0, 0.1) is 5.92 Å². The zero-order chi connectivity index (χ0) is 19.9. The van der Waals surface area contributed by atoms with Gasteiger partial charge < -0.3 is 10.1 Å². The van der Waals surface area contributed by atoms with Crippen LogP contribution in [0.2, 0.25) is 0 Å². The summed E-state index contributed by atoms with van der Waals surface area (Å²) in [6, 6.07) is 15.3. The summed E-state index contributed by atoms with van der Waals surface area (Å²) >= 11 is 0. The quantitative estimate of drug-likeness (QED) is 0.673. The predicted molar refractivity (Wildman–Crippen MR) is 101 cm³/mol. The van der Waals surface area contributed by atoms with Crippen LogP contribution in [-0.4, -0.2) is 32.9 Å². The molecule has 0 unspecified atom stereocenters. The first kappa shape index (κ1) is 20.6. The number of para-hydroxylation sites is 1. The number of ether oxygens (including phenoxy) is 1. The van der Waals surface area contributed by atoms with Gasteiger partial charge in [-0.2, -0.15) is 4.72 Å². The Morgan fingerprint density at radius 3 is 2.07 bits per heavy atom. The average molecular weight is 390 g/mol. The zero-order valence-electron chi connectivity index (χ0n) is 15.1. The van der Waals surface area contributed by atoms with Crippen LogP contribution in [0.4, 0.5) is 5.69 Å². The molecule has 27 heavy (non-hydrogen) atoms. The van der Waals surface area contributed by atoms with Gasteiger partial charge in [0, 0.05) is 5.69 Å². The highest BCUT2D eigenvalue weighted by Crippen LogP contribution is 2.12. The van der Waals surface area contributed by atoms with Crippen molar-refractivity contribution in [3.63, 3.8) is 0 Å². The normalized spacial score (nSPS) is 12.4. The second-order valence-corrected chi connectivity index (χ2v) is 7.89. The maximum absolute atomic E-state index is 12.4. The van der Waals surface area contributed by atoms with Crippen LogP contribution in [0.5, 0.6) is 0 Å². The van der Waals surface area contributed by atoms with Gasteiger partial charge in [-0.15, -0.1) is 0 Å². The Morgan fingerprint density at radius 1 is 0.963 bits per heavy atom. The molecule has 8 heteroatoms. The van der Waals surface area contributed by atoms with Gasteiger partial charge >= 0.3 is 5.97 Å². The molecule has 0 aliphatic carbocycles. The Morgan fingerprint density at radius 2 is 1.52 bits per heavy atom. The number of benzene rings is 2. The Hall–Kier alpha value is -2.71. The van der Waals surface area contributed by atoms with Gasteiger partial charge in [0.15, 0.2) is 6.61 Å². The predicted octanol–water partition coefficient (Wildman–Crippen LogP) is 2.17. The fourth-order valence-electron chi connectivity index (χ4n) is 2.24. The molecular weight excluding hydrogens is 368 g/mol. The molecule has 2 aromatic carbocycles. The number of carbonyl (C=O) groups is 2. The molecule has 2 aromatic rings. The van der Waals surface area contributed by atoms with E-state index in [2.05, 4.69) is 10.0 Å². The van der Waals surface area contributed by atoms with Crippen molar-refractivity contribution in [3.05, 3.63) is 60.7 Å². The number of carbonyl (C=O) groups excluding carboxylic acids is 2. The molecule has 0 aliphatic heterocycles. The van der Waals surface area contributed by atoms with E-state index in [4.69, 9.17) is 4.74 Å². The second-order valence-electron chi connectivity index (χ2n) is 6.18. The molecule has 0 bridgehead atoms. The van der Waals surface area contributed by atoms with Gasteiger partial charge in [-0.05, 0) is 30.2 Å². The third-order valence-electron chi connectivity index (χ3n) is 3.66. The Bertz CT molecular complexity index is 867. The SMILES string of the molecule is CC(C)[C@@H](NS(=O)(=O)c1ccccc1)C(=O)OCC(=O)Nc1ccccc1. The lowest BCUT2D eigenvalue weighted by molar-refractivity contribution is -0.150. The lowest BCUT2D eigenvalue weighted by Gasteiger charge is -2.20. The number of nitrogens with one attached hydrogen (secondary N) is 2. The third kappa shape index (κ3) is 6.19. The summed E-state index contributed by atoms with van der Waals surface area (Å²) in [7, 11) is -3.89. The Kier molecular flexibility index (Phi) is 7.09. The van der Waals surface area contributed by atoms with E-state index >= 15 is 0 Å². The van der Waals surface area contributed by atoms with E-state index in [0.29, 0.717) is 5.69 Å². The summed E-state index contributed by atoms with van der Waals surface area (Å²) in [5.74, 6) is -1.69. The van der Waals surface area contributed by atoms with Crippen molar-refractivity contribution >= 4 is 27.6 Å². The van der Waals surface area contributed by atoms with Crippen molar-refractivity contribution in [2.75, 3.05) is 11.9 Å². The number of esters is 1. The molecule has 144 valence electrons. The highest BCUT2D eigenvalue weighted by molar-refractivity contribution is 7.89. The van der Waals surface area contributed by atoms with Gasteiger partial charge in [-0.3, -0.25) is 9.59 Å². The first-order valence-corrected chi connectivity index (χ1v) is 9.87. The molecular formula is C19H22N2O5S. The van der Waals surface area contributed by atoms with Crippen LogP contribution in [0.1, 0.15) is 13.8 Å². The minimum Gasteiger partial charge on any atom is -0.454 e. The van der Waals surface area contributed by atoms with Gasteiger partial charge in [0.25, 0.3) is 5.91 Å². The topological polar surface area (TPSA) is 102 Å². The van der Waals surface area contributed by atoms with E-state index in [1.807, 2.05) is 6.07 Å². The summed E-state index contributed by atoms with van der Waals surface area (Å²) in [6.07, 6.45) is 0. The van der Waals surface area contributed by atoms with E-state index in [-0.39, 0.29) is 10.8 Å². The molecule has 1 atom stereocenters. The minimum atomic E-state index is -3.89. The van der Waals surface area contributed by atoms with Crippen LogP contribution < -0.4 is 10.0 Å². The smallest absolute Gasteiger partial charge is 0.324 e. The average Bonchev–Trinajstić information content (AvgIpc) is 2.65. The summed E-state index contributed by atoms with van der Waals surface area (Å²) in [6.45, 7) is 2.86. The van der Waals surface area contributed by atoms with Crippen molar-refractivity contribution < 1.29 is 22.7 Å². The van der Waals surface area contributed by atoms with Crippen LogP contribution in [0.25, 0.3) is 0 Å². The lowest BCUT2D eigenvalue weighted by atomic mass is 10.1. The van der Waals surface area contributed by atoms with E-state index in [0.717, 1.165) is 0 Å². The van der Waals surface area contributed by atoms with Gasteiger partial charge in [0.1, 0.15) is 6.04 Å². The third-order valence-corrected chi connectivity index (χ3v) is 5.12. The molecule has 0 aliphatic rings. The van der Waals surface area contributed by atoms with E-state index in [9.17, 15) is 18.0 Å². The molecule has 0 fully saturated rings. The Labute approximate surface area is 158 Å². The fraction of sp³-hybridized carbons (Fsp3) is 0.263. The van der Waals surface area contributed by atoms with Crippen molar-refractivity contribution in [3.8, 4) is 0 Å². The van der Waals surface area contributed by atoms with E-state index in [1.54, 1.807) is 56.3 Å². The van der Waals surface area contributed by atoms with Crippen LogP contribution in [0.3, 0.4) is 0 Å². The second kappa shape index (κ2) is 9.29. The van der Waals surface area contributed by atoms with E-state index in [1.165, 1.54) is 12.1 Å². The van der Waals surface area contributed by atoms with Crippen molar-refractivity contribution in [2.24, 2.45) is 5.92 Å². The monoisotopic (exact) mass is 390 g/mol.